The number of alkyl halides is 1. The Labute approximate surface area is 210 Å². The molecule has 36 heavy (non-hydrogen) atoms. The summed E-state index contributed by atoms with van der Waals surface area (Å²) in [5.74, 6) is -0.266. The van der Waals surface area contributed by atoms with E-state index in [1.807, 2.05) is 18.6 Å². The predicted molar refractivity (Wildman–Crippen MR) is 135 cm³/mol. The number of amides is 1. The molecule has 1 aliphatic heterocycles. The van der Waals surface area contributed by atoms with E-state index in [2.05, 4.69) is 15.0 Å². The van der Waals surface area contributed by atoms with Crippen LogP contribution in [0.15, 0.2) is 53.7 Å². The second-order valence-electron chi connectivity index (χ2n) is 8.64. The number of halogens is 1. The monoisotopic (exact) mass is 516 g/mol. The van der Waals surface area contributed by atoms with Crippen molar-refractivity contribution in [3.63, 3.8) is 0 Å². The number of nitrogens with two attached hydrogens (primary N) is 1. The number of ether oxygens (including phenoxy) is 1. The van der Waals surface area contributed by atoms with E-state index in [0.717, 1.165) is 0 Å². The third-order valence-electron chi connectivity index (χ3n) is 5.42. The van der Waals surface area contributed by atoms with Crippen LogP contribution in [0.25, 0.3) is 11.3 Å². The number of piperidine rings is 1. The van der Waals surface area contributed by atoms with E-state index < -0.39 is 27.1 Å². The van der Waals surface area contributed by atoms with Gasteiger partial charge < -0.3 is 15.4 Å². The number of hydrogen-bond donors (Lipinski definition) is 2. The predicted octanol–water partition coefficient (Wildman–Crippen LogP) is 3.21. The van der Waals surface area contributed by atoms with Gasteiger partial charge in [-0.25, -0.2) is 24.1 Å². The zero-order valence-corrected chi connectivity index (χ0v) is 20.7. The highest BCUT2D eigenvalue weighted by Gasteiger charge is 2.28. The molecule has 4 rings (SSSR count). The molecule has 3 N–H and O–H groups in total. The number of nitrogens with zero attached hydrogens (tertiary/aromatic N) is 4. The number of nitrogen functional groups attached to an aromatic ring is 1. The SMILES string of the molecule is CC(C)Oc1ccc(-c2ccc(C(=O)NS(=O)(=O)c3cccc(N)n3)c(N3CCCC(F)C3)n2)cn1.[HH]. The first kappa shape index (κ1) is 25.3. The number of pyridine rings is 3. The summed E-state index contributed by atoms with van der Waals surface area (Å²) in [5, 5.41) is -0.390. The molecule has 3 aromatic rings. The molecule has 0 aromatic carbocycles. The Morgan fingerprint density at radius 2 is 2.03 bits per heavy atom. The number of rotatable bonds is 7. The van der Waals surface area contributed by atoms with Gasteiger partial charge in [0, 0.05) is 25.8 Å². The van der Waals surface area contributed by atoms with Gasteiger partial charge in [-0.1, -0.05) is 6.07 Å². The van der Waals surface area contributed by atoms with E-state index in [9.17, 15) is 17.6 Å². The fourth-order valence-corrected chi connectivity index (χ4v) is 4.74. The summed E-state index contributed by atoms with van der Waals surface area (Å²) >= 11 is 0. The first-order chi connectivity index (χ1) is 17.1. The quantitative estimate of drug-likeness (QED) is 0.484. The Morgan fingerprint density at radius 3 is 2.69 bits per heavy atom. The highest BCUT2D eigenvalue weighted by molar-refractivity contribution is 7.90. The van der Waals surface area contributed by atoms with Gasteiger partial charge in [-0.3, -0.25) is 4.79 Å². The third-order valence-corrected chi connectivity index (χ3v) is 6.65. The van der Waals surface area contributed by atoms with E-state index in [1.54, 1.807) is 29.3 Å². The molecule has 0 bridgehead atoms. The van der Waals surface area contributed by atoms with Crippen LogP contribution in [0.4, 0.5) is 16.0 Å². The number of hydrogen-bond acceptors (Lipinski definition) is 9. The van der Waals surface area contributed by atoms with Crippen molar-refractivity contribution in [2.75, 3.05) is 23.7 Å². The van der Waals surface area contributed by atoms with Gasteiger partial charge >= 0.3 is 0 Å². The minimum Gasteiger partial charge on any atom is -0.475 e. The van der Waals surface area contributed by atoms with E-state index in [-0.39, 0.29) is 31.3 Å². The van der Waals surface area contributed by atoms with Gasteiger partial charge in [-0.15, -0.1) is 0 Å². The summed E-state index contributed by atoms with van der Waals surface area (Å²) in [7, 11) is -4.30. The minimum atomic E-state index is -4.30. The van der Waals surface area contributed by atoms with Crippen LogP contribution in [0, 0.1) is 0 Å². The summed E-state index contributed by atoms with van der Waals surface area (Å²) in [6.45, 7) is 4.31. The van der Waals surface area contributed by atoms with Gasteiger partial charge in [0.05, 0.1) is 23.9 Å². The fraction of sp³-hybridized carbons (Fsp3) is 0.333. The lowest BCUT2D eigenvalue weighted by Crippen LogP contribution is -2.39. The lowest BCUT2D eigenvalue weighted by atomic mass is 10.1. The van der Waals surface area contributed by atoms with Gasteiger partial charge in [-0.05, 0) is 57.0 Å². The van der Waals surface area contributed by atoms with Gasteiger partial charge in [0.1, 0.15) is 17.8 Å². The van der Waals surface area contributed by atoms with Gasteiger partial charge in [0.25, 0.3) is 15.9 Å². The summed E-state index contributed by atoms with van der Waals surface area (Å²) < 4.78 is 47.3. The lowest BCUT2D eigenvalue weighted by molar-refractivity contribution is 0.0981. The Balaban J connectivity index is 0.00000380. The normalized spacial score (nSPS) is 16.1. The van der Waals surface area contributed by atoms with Crippen LogP contribution in [-0.2, 0) is 10.0 Å². The van der Waals surface area contributed by atoms with Crippen LogP contribution < -0.4 is 20.1 Å². The molecular weight excluding hydrogens is 487 g/mol. The van der Waals surface area contributed by atoms with Crippen molar-refractivity contribution in [2.45, 2.75) is 44.0 Å². The Morgan fingerprint density at radius 1 is 1.22 bits per heavy atom. The average Bonchev–Trinajstić information content (AvgIpc) is 2.83. The maximum Gasteiger partial charge on any atom is 0.281 e. The van der Waals surface area contributed by atoms with Crippen molar-refractivity contribution in [2.24, 2.45) is 0 Å². The topological polar surface area (TPSA) is 140 Å². The molecule has 192 valence electrons. The van der Waals surface area contributed by atoms with E-state index in [4.69, 9.17) is 10.5 Å². The van der Waals surface area contributed by atoms with E-state index in [0.29, 0.717) is 36.5 Å². The summed E-state index contributed by atoms with van der Waals surface area (Å²) in [4.78, 5) is 27.5. The molecule has 0 aliphatic carbocycles. The molecule has 1 unspecified atom stereocenters. The number of aromatic nitrogens is 3. The van der Waals surface area contributed by atoms with Crippen molar-refractivity contribution >= 4 is 27.6 Å². The third kappa shape index (κ3) is 5.88. The summed E-state index contributed by atoms with van der Waals surface area (Å²) in [6.07, 6.45) is 1.46. The molecule has 10 nitrogen and oxygen atoms in total. The van der Waals surface area contributed by atoms with Crippen LogP contribution in [0.5, 0.6) is 5.88 Å². The Bertz CT molecular complexity index is 1360. The number of carbonyl (C=O) groups is 1. The molecule has 12 heteroatoms. The van der Waals surface area contributed by atoms with Crippen LogP contribution in [0.3, 0.4) is 0 Å². The van der Waals surface area contributed by atoms with E-state index >= 15 is 0 Å². The van der Waals surface area contributed by atoms with Crippen molar-refractivity contribution in [1.29, 1.82) is 0 Å². The second-order valence-corrected chi connectivity index (χ2v) is 10.3. The van der Waals surface area contributed by atoms with Crippen molar-refractivity contribution in [3.8, 4) is 17.1 Å². The summed E-state index contributed by atoms with van der Waals surface area (Å²) in [5.41, 5.74) is 6.73. The van der Waals surface area contributed by atoms with Gasteiger partial charge in [-0.2, -0.15) is 8.42 Å². The fourth-order valence-electron chi connectivity index (χ4n) is 3.80. The highest BCUT2D eigenvalue weighted by atomic mass is 32.2. The van der Waals surface area contributed by atoms with E-state index in [1.165, 1.54) is 24.3 Å². The van der Waals surface area contributed by atoms with Crippen LogP contribution >= 0.6 is 0 Å². The zero-order valence-electron chi connectivity index (χ0n) is 19.9. The van der Waals surface area contributed by atoms with Crippen LogP contribution in [0.1, 0.15) is 38.5 Å². The van der Waals surface area contributed by atoms with Crippen molar-refractivity contribution in [3.05, 3.63) is 54.2 Å². The maximum atomic E-state index is 14.2. The summed E-state index contributed by atoms with van der Waals surface area (Å²) in [6, 6.07) is 10.6. The molecule has 0 radical (unpaired) electrons. The van der Waals surface area contributed by atoms with Crippen LogP contribution in [0.2, 0.25) is 0 Å². The molecule has 3 aromatic heterocycles. The lowest BCUT2D eigenvalue weighted by Gasteiger charge is -2.31. The number of anilines is 2. The first-order valence-corrected chi connectivity index (χ1v) is 12.9. The molecule has 1 atom stereocenters. The second kappa shape index (κ2) is 10.4. The molecule has 4 heterocycles. The Kier molecular flexibility index (Phi) is 7.34. The largest absolute Gasteiger partial charge is 0.475 e. The number of nitrogens with one attached hydrogen (secondary N) is 1. The van der Waals surface area contributed by atoms with Crippen molar-refractivity contribution in [1.82, 2.24) is 19.7 Å². The Hall–Kier alpha value is -3.80. The van der Waals surface area contributed by atoms with Crippen molar-refractivity contribution < 1.29 is 23.8 Å². The first-order valence-electron chi connectivity index (χ1n) is 11.4. The minimum absolute atomic E-state index is 0. The molecule has 0 spiro atoms. The molecule has 0 saturated carbocycles. The molecule has 1 amide bonds. The molecule has 1 fully saturated rings. The zero-order chi connectivity index (χ0) is 25.9. The number of sulfonamides is 1. The van der Waals surface area contributed by atoms with Gasteiger partial charge in [0.2, 0.25) is 5.88 Å². The smallest absolute Gasteiger partial charge is 0.281 e. The standard InChI is InChI=1S/C24H27FN6O4S.H2/c1-15(2)35-21-11-8-16(13-27-21)19-10-9-18(23(28-19)31-12-4-5-17(25)14-31)24(32)30-36(33,34)22-7-3-6-20(26)29-22;/h3,6-11,13,15,17H,4-5,12,14H2,1-2H3,(H2,26,29)(H,30,32);1H. The molecule has 1 saturated heterocycles. The highest BCUT2D eigenvalue weighted by Crippen LogP contribution is 2.28. The number of carbonyl (C=O) groups excluding carboxylic acids is 1. The molecular formula is C24H29FN6O4S. The van der Waals surface area contributed by atoms with Crippen LogP contribution in [-0.4, -0.2) is 54.6 Å². The maximum absolute atomic E-state index is 14.2. The molecule has 1 aliphatic rings. The van der Waals surface area contributed by atoms with Gasteiger partial charge in [0.15, 0.2) is 5.03 Å². The average molecular weight is 517 g/mol.